The molecule has 0 heterocycles. The Bertz CT molecular complexity index is 2730. The molecule has 0 fully saturated rings. The highest BCUT2D eigenvalue weighted by Gasteiger charge is 2.42. The summed E-state index contributed by atoms with van der Waals surface area (Å²) in [4.78, 5) is 0. The number of rotatable bonds is 12. The highest BCUT2D eigenvalue weighted by atomic mass is 14.4. The van der Waals surface area contributed by atoms with Crippen LogP contribution in [-0.2, 0) is 16.2 Å². The third-order valence-electron chi connectivity index (χ3n) is 14.1. The fraction of sp³-hybridized carbons (Fsp3) is 0.356. The van der Waals surface area contributed by atoms with Crippen molar-refractivity contribution < 1.29 is 0 Å². The molecule has 8 aromatic rings. The second kappa shape index (κ2) is 15.3. The normalized spacial score (nSPS) is 13.9. The van der Waals surface area contributed by atoms with Gasteiger partial charge in [-0.25, -0.2) is 0 Å². The van der Waals surface area contributed by atoms with Crippen LogP contribution in [0.1, 0.15) is 142 Å². The van der Waals surface area contributed by atoms with Crippen molar-refractivity contribution >= 4 is 43.1 Å². The van der Waals surface area contributed by atoms with E-state index in [4.69, 9.17) is 0 Å². The summed E-state index contributed by atoms with van der Waals surface area (Å²) in [7, 11) is 0. The summed E-state index contributed by atoms with van der Waals surface area (Å²) in [5.74, 6) is 0. The third-order valence-corrected chi connectivity index (χ3v) is 14.1. The van der Waals surface area contributed by atoms with Crippen molar-refractivity contribution in [3.05, 3.63) is 144 Å². The van der Waals surface area contributed by atoms with E-state index in [9.17, 15) is 0 Å². The standard InChI is InChI=1S/C59H64/c1-9-11-13-19-32-59(33-20-14-12-10-2)53-27-18-17-24-46(53)47-29-28-39(36-54(47)59)43-22-15-16-23-44(43)45-30-31-50-52-38-42(58(6,7)8)35-40-34-41(57(3,4)5)37-51(55(40)52)49-26-21-25-48(45)56(49)50/h15-18,21-31,34-38H,9-14,19-20,32-33H2,1-8H3. The molecule has 8 aromatic carbocycles. The fourth-order valence-electron chi connectivity index (χ4n) is 10.9. The SMILES string of the molecule is CCCCCCC1(CCCCCC)c2ccccc2-c2ccc(-c3ccccc3-c3ccc4c5cc(C(C)(C)C)cc6cc(C(C)(C)C)cc(c7cccc3c74)c65)cc21. The summed E-state index contributed by atoms with van der Waals surface area (Å²) in [6.07, 6.45) is 12.8. The maximum atomic E-state index is 2.62. The van der Waals surface area contributed by atoms with Gasteiger partial charge in [0.15, 0.2) is 0 Å². The van der Waals surface area contributed by atoms with Crippen LogP contribution in [0.5, 0.6) is 0 Å². The molecule has 0 N–H and O–H groups in total. The molecule has 59 heavy (non-hydrogen) atoms. The highest BCUT2D eigenvalue weighted by Crippen LogP contribution is 2.55. The minimum absolute atomic E-state index is 0.0391. The lowest BCUT2D eigenvalue weighted by atomic mass is 9.70. The van der Waals surface area contributed by atoms with Gasteiger partial charge in [0.05, 0.1) is 0 Å². The first-order chi connectivity index (χ1) is 28.4. The van der Waals surface area contributed by atoms with Gasteiger partial charge >= 0.3 is 0 Å². The van der Waals surface area contributed by atoms with Gasteiger partial charge in [-0.15, -0.1) is 0 Å². The summed E-state index contributed by atoms with van der Waals surface area (Å²) in [5, 5.41) is 10.9. The lowest BCUT2D eigenvalue weighted by molar-refractivity contribution is 0.401. The lowest BCUT2D eigenvalue weighted by Gasteiger charge is -2.33. The molecule has 1 aliphatic rings. The van der Waals surface area contributed by atoms with Crippen LogP contribution in [0.2, 0.25) is 0 Å². The summed E-state index contributed by atoms with van der Waals surface area (Å²) in [6, 6.07) is 48.0. The summed E-state index contributed by atoms with van der Waals surface area (Å²) in [5.41, 5.74) is 14.2. The van der Waals surface area contributed by atoms with Crippen LogP contribution >= 0.6 is 0 Å². The average Bonchev–Trinajstić information content (AvgIpc) is 3.50. The predicted octanol–water partition coefficient (Wildman–Crippen LogP) is 17.9. The van der Waals surface area contributed by atoms with Gasteiger partial charge in [-0.2, -0.15) is 0 Å². The molecule has 0 atom stereocenters. The molecule has 0 bridgehead atoms. The van der Waals surface area contributed by atoms with E-state index < -0.39 is 0 Å². The molecule has 0 nitrogen and oxygen atoms in total. The molecule has 0 heteroatoms. The van der Waals surface area contributed by atoms with Crippen LogP contribution in [0, 0.1) is 0 Å². The van der Waals surface area contributed by atoms with Gasteiger partial charge in [0.25, 0.3) is 0 Å². The van der Waals surface area contributed by atoms with E-state index in [2.05, 4.69) is 177 Å². The monoisotopic (exact) mass is 773 g/mol. The predicted molar refractivity (Wildman–Crippen MR) is 260 cm³/mol. The summed E-state index contributed by atoms with van der Waals surface area (Å²) >= 11 is 0. The summed E-state index contributed by atoms with van der Waals surface area (Å²) in [6.45, 7) is 18.8. The van der Waals surface area contributed by atoms with Crippen LogP contribution in [0.4, 0.5) is 0 Å². The zero-order valence-corrected chi connectivity index (χ0v) is 37.1. The van der Waals surface area contributed by atoms with Gasteiger partial charge in [0.2, 0.25) is 0 Å². The summed E-state index contributed by atoms with van der Waals surface area (Å²) < 4.78 is 0. The highest BCUT2D eigenvalue weighted by molar-refractivity contribution is 6.34. The fourth-order valence-corrected chi connectivity index (χ4v) is 10.9. The molecular formula is C59H64. The molecule has 0 spiro atoms. The largest absolute Gasteiger partial charge is 0.0654 e. The molecule has 0 aromatic heterocycles. The van der Waals surface area contributed by atoms with E-state index >= 15 is 0 Å². The van der Waals surface area contributed by atoms with Crippen molar-refractivity contribution in [2.75, 3.05) is 0 Å². The van der Waals surface area contributed by atoms with E-state index in [1.165, 1.54) is 152 Å². The van der Waals surface area contributed by atoms with Crippen molar-refractivity contribution in [3.8, 4) is 33.4 Å². The number of hydrogen-bond acceptors (Lipinski definition) is 0. The van der Waals surface area contributed by atoms with Crippen LogP contribution in [0.25, 0.3) is 76.5 Å². The molecule has 0 saturated carbocycles. The molecule has 0 unspecified atom stereocenters. The van der Waals surface area contributed by atoms with E-state index in [-0.39, 0.29) is 16.2 Å². The molecule has 0 amide bonds. The smallest absolute Gasteiger partial charge is 0.0215 e. The molecule has 0 aliphatic heterocycles. The molecule has 0 radical (unpaired) electrons. The topological polar surface area (TPSA) is 0 Å². The van der Waals surface area contributed by atoms with Gasteiger partial charge in [0.1, 0.15) is 0 Å². The zero-order valence-electron chi connectivity index (χ0n) is 37.1. The maximum absolute atomic E-state index is 2.62. The van der Waals surface area contributed by atoms with Crippen LogP contribution < -0.4 is 0 Å². The minimum Gasteiger partial charge on any atom is -0.0654 e. The molecule has 9 rings (SSSR count). The van der Waals surface area contributed by atoms with Gasteiger partial charge in [0, 0.05) is 5.41 Å². The van der Waals surface area contributed by atoms with Crippen molar-refractivity contribution in [2.24, 2.45) is 0 Å². The minimum atomic E-state index is 0.0391. The molecule has 1 aliphatic carbocycles. The van der Waals surface area contributed by atoms with E-state index in [0.717, 1.165) is 0 Å². The van der Waals surface area contributed by atoms with Crippen molar-refractivity contribution in [2.45, 2.75) is 136 Å². The number of fused-ring (bicyclic) bond motifs is 5. The second-order valence-electron chi connectivity index (χ2n) is 20.1. The van der Waals surface area contributed by atoms with E-state index in [1.807, 2.05) is 0 Å². The molecule has 0 saturated heterocycles. The van der Waals surface area contributed by atoms with Gasteiger partial charge in [-0.3, -0.25) is 0 Å². The van der Waals surface area contributed by atoms with Crippen molar-refractivity contribution in [3.63, 3.8) is 0 Å². The first-order valence-corrected chi connectivity index (χ1v) is 23.0. The number of hydrogen-bond donors (Lipinski definition) is 0. The third kappa shape index (κ3) is 6.76. The molecular weight excluding hydrogens is 709 g/mol. The maximum Gasteiger partial charge on any atom is 0.0215 e. The van der Waals surface area contributed by atoms with Gasteiger partial charge < -0.3 is 0 Å². The number of benzene rings is 8. The Morgan fingerprint density at radius 1 is 0.390 bits per heavy atom. The van der Waals surface area contributed by atoms with Crippen LogP contribution in [0.3, 0.4) is 0 Å². The van der Waals surface area contributed by atoms with Crippen molar-refractivity contribution in [1.29, 1.82) is 0 Å². The van der Waals surface area contributed by atoms with Gasteiger partial charge in [-0.05, 0) is 141 Å². The first-order valence-electron chi connectivity index (χ1n) is 23.0. The van der Waals surface area contributed by atoms with Crippen LogP contribution in [0.15, 0.2) is 121 Å². The Hall–Kier alpha value is -4.94. The lowest BCUT2D eigenvalue weighted by Crippen LogP contribution is -2.25. The quantitative estimate of drug-likeness (QED) is 0.0659. The van der Waals surface area contributed by atoms with E-state index in [0.29, 0.717) is 0 Å². The Labute approximate surface area is 354 Å². The molecule has 300 valence electrons. The van der Waals surface area contributed by atoms with Crippen LogP contribution in [-0.4, -0.2) is 0 Å². The Morgan fingerprint density at radius 3 is 1.56 bits per heavy atom. The Morgan fingerprint density at radius 2 is 0.932 bits per heavy atom. The Kier molecular flexibility index (Phi) is 10.2. The van der Waals surface area contributed by atoms with E-state index in [1.54, 1.807) is 11.1 Å². The Balaban J connectivity index is 1.25. The second-order valence-corrected chi connectivity index (χ2v) is 20.1. The van der Waals surface area contributed by atoms with Gasteiger partial charge in [-0.1, -0.05) is 210 Å². The average molecular weight is 773 g/mol. The first kappa shape index (κ1) is 39.5. The number of unbranched alkanes of at least 4 members (excludes halogenated alkanes) is 6. The zero-order chi connectivity index (χ0) is 41.1. The van der Waals surface area contributed by atoms with Crippen molar-refractivity contribution in [1.82, 2.24) is 0 Å².